The molecule has 5 heteroatoms. The van der Waals surface area contributed by atoms with Crippen LogP contribution in [0.1, 0.15) is 11.6 Å². The number of hydrogen-bond donors (Lipinski definition) is 2. The Morgan fingerprint density at radius 3 is 2.58 bits per heavy atom. The monoisotopic (exact) mass is 386 g/mol. The summed E-state index contributed by atoms with van der Waals surface area (Å²) in [7, 11) is 0. The van der Waals surface area contributed by atoms with Crippen LogP contribution in [-0.4, -0.2) is 6.54 Å². The predicted molar refractivity (Wildman–Crippen MR) is 83.7 cm³/mol. The third kappa shape index (κ3) is 3.55. The van der Waals surface area contributed by atoms with E-state index in [1.807, 2.05) is 24.3 Å². The first kappa shape index (κ1) is 14.5. The molecule has 0 aliphatic heterocycles. The molecule has 0 radical (unpaired) electrons. The molecule has 0 spiro atoms. The Morgan fingerprint density at radius 2 is 1.89 bits per heavy atom. The fourth-order valence-corrected chi connectivity index (χ4v) is 2.59. The minimum atomic E-state index is -0.281. The van der Waals surface area contributed by atoms with Crippen molar-refractivity contribution in [2.24, 2.45) is 5.73 Å². The van der Waals surface area contributed by atoms with Gasteiger partial charge in [-0.05, 0) is 46.3 Å². The number of nitrogens with two attached hydrogens (primary N) is 1. The van der Waals surface area contributed by atoms with Crippen LogP contribution >= 0.6 is 31.9 Å². The Hall–Kier alpha value is -0.910. The van der Waals surface area contributed by atoms with Gasteiger partial charge in [0.2, 0.25) is 0 Å². The smallest absolute Gasteiger partial charge is 0.128 e. The molecule has 0 bridgehead atoms. The molecule has 2 nitrogen and oxygen atoms in total. The second kappa shape index (κ2) is 6.50. The van der Waals surface area contributed by atoms with Crippen LogP contribution in [0.4, 0.5) is 10.1 Å². The number of rotatable bonds is 4. The van der Waals surface area contributed by atoms with E-state index in [0.717, 1.165) is 14.6 Å². The number of anilines is 1. The van der Waals surface area contributed by atoms with Crippen molar-refractivity contribution >= 4 is 37.5 Å². The van der Waals surface area contributed by atoms with Crippen LogP contribution in [0.25, 0.3) is 0 Å². The first-order chi connectivity index (χ1) is 9.11. The van der Waals surface area contributed by atoms with E-state index < -0.39 is 0 Å². The quantitative estimate of drug-likeness (QED) is 0.812. The summed E-state index contributed by atoms with van der Waals surface area (Å²) < 4.78 is 15.6. The van der Waals surface area contributed by atoms with Crippen LogP contribution in [0, 0.1) is 5.82 Å². The van der Waals surface area contributed by atoms with E-state index in [-0.39, 0.29) is 11.9 Å². The molecular weight excluding hydrogens is 375 g/mol. The van der Waals surface area contributed by atoms with Crippen LogP contribution < -0.4 is 11.1 Å². The van der Waals surface area contributed by atoms with E-state index in [1.54, 1.807) is 12.1 Å². The molecule has 0 aliphatic carbocycles. The van der Waals surface area contributed by atoms with Gasteiger partial charge in [0.25, 0.3) is 0 Å². The van der Waals surface area contributed by atoms with Gasteiger partial charge in [-0.1, -0.05) is 28.1 Å². The average molecular weight is 388 g/mol. The van der Waals surface area contributed by atoms with Crippen molar-refractivity contribution in [3.8, 4) is 0 Å². The largest absolute Gasteiger partial charge is 0.376 e. The highest BCUT2D eigenvalue weighted by molar-refractivity contribution is 9.10. The second-order valence-corrected chi connectivity index (χ2v) is 5.85. The van der Waals surface area contributed by atoms with E-state index in [4.69, 9.17) is 5.73 Å². The van der Waals surface area contributed by atoms with Crippen molar-refractivity contribution in [3.05, 3.63) is 62.8 Å². The van der Waals surface area contributed by atoms with Crippen LogP contribution in [0.2, 0.25) is 0 Å². The summed E-state index contributed by atoms with van der Waals surface area (Å²) in [6, 6.07) is 12.3. The first-order valence-corrected chi connectivity index (χ1v) is 7.36. The Morgan fingerprint density at radius 1 is 1.16 bits per heavy atom. The molecular formula is C14H13Br2FN2. The summed E-state index contributed by atoms with van der Waals surface area (Å²) in [5, 5.41) is 3.25. The Kier molecular flexibility index (Phi) is 4.96. The third-order valence-corrected chi connectivity index (χ3v) is 3.96. The van der Waals surface area contributed by atoms with Gasteiger partial charge in [-0.2, -0.15) is 0 Å². The minimum Gasteiger partial charge on any atom is -0.376 e. The van der Waals surface area contributed by atoms with Gasteiger partial charge in [0.05, 0.1) is 6.04 Å². The molecule has 2 rings (SSSR count). The summed E-state index contributed by atoms with van der Waals surface area (Å²) in [5.74, 6) is -0.266. The molecule has 1 unspecified atom stereocenters. The molecule has 2 aromatic carbocycles. The Labute approximate surface area is 128 Å². The zero-order chi connectivity index (χ0) is 13.8. The van der Waals surface area contributed by atoms with Crippen LogP contribution in [0.3, 0.4) is 0 Å². The van der Waals surface area contributed by atoms with E-state index in [2.05, 4.69) is 37.2 Å². The molecule has 100 valence electrons. The molecule has 0 saturated carbocycles. The van der Waals surface area contributed by atoms with Crippen molar-refractivity contribution in [1.29, 1.82) is 0 Å². The molecule has 0 heterocycles. The standard InChI is InChI=1S/C14H13Br2FN2/c15-9-5-6-12(17)10(7-9)14(8-18)19-13-4-2-1-3-11(13)16/h1-7,14,19H,8,18H2. The molecule has 1 atom stereocenters. The fraction of sp³-hybridized carbons (Fsp3) is 0.143. The molecule has 0 fully saturated rings. The average Bonchev–Trinajstić information content (AvgIpc) is 2.41. The molecule has 2 aromatic rings. The lowest BCUT2D eigenvalue weighted by Gasteiger charge is -2.20. The second-order valence-electron chi connectivity index (χ2n) is 4.08. The summed E-state index contributed by atoms with van der Waals surface area (Å²) in [4.78, 5) is 0. The zero-order valence-corrected chi connectivity index (χ0v) is 13.2. The third-order valence-electron chi connectivity index (χ3n) is 2.77. The Balaban J connectivity index is 2.30. The van der Waals surface area contributed by atoms with Crippen LogP contribution in [-0.2, 0) is 0 Å². The summed E-state index contributed by atoms with van der Waals surface area (Å²) in [5.41, 5.74) is 7.20. The van der Waals surface area contributed by atoms with Gasteiger partial charge in [-0.3, -0.25) is 0 Å². The predicted octanol–water partition coefficient (Wildman–Crippen LogP) is 4.46. The number of benzene rings is 2. The highest BCUT2D eigenvalue weighted by atomic mass is 79.9. The first-order valence-electron chi connectivity index (χ1n) is 5.78. The summed E-state index contributed by atoms with van der Waals surface area (Å²) in [6.07, 6.45) is 0. The van der Waals surface area contributed by atoms with Crippen molar-refractivity contribution in [2.45, 2.75) is 6.04 Å². The number of halogens is 3. The molecule has 19 heavy (non-hydrogen) atoms. The van der Waals surface area contributed by atoms with Gasteiger partial charge in [0.1, 0.15) is 5.82 Å². The van der Waals surface area contributed by atoms with Crippen molar-refractivity contribution in [1.82, 2.24) is 0 Å². The maximum Gasteiger partial charge on any atom is 0.128 e. The molecule has 0 amide bonds. The maximum absolute atomic E-state index is 13.9. The Bertz CT molecular complexity index is 575. The van der Waals surface area contributed by atoms with E-state index in [0.29, 0.717) is 12.1 Å². The van der Waals surface area contributed by atoms with Gasteiger partial charge in [-0.25, -0.2) is 4.39 Å². The number of para-hydroxylation sites is 1. The fourth-order valence-electron chi connectivity index (χ4n) is 1.81. The number of hydrogen-bond acceptors (Lipinski definition) is 2. The van der Waals surface area contributed by atoms with Crippen molar-refractivity contribution in [3.63, 3.8) is 0 Å². The lowest BCUT2D eigenvalue weighted by molar-refractivity contribution is 0.593. The van der Waals surface area contributed by atoms with E-state index >= 15 is 0 Å². The van der Waals surface area contributed by atoms with Gasteiger partial charge in [0.15, 0.2) is 0 Å². The highest BCUT2D eigenvalue weighted by Gasteiger charge is 2.15. The van der Waals surface area contributed by atoms with Crippen molar-refractivity contribution in [2.75, 3.05) is 11.9 Å². The maximum atomic E-state index is 13.9. The van der Waals surface area contributed by atoms with Gasteiger partial charge >= 0.3 is 0 Å². The molecule has 0 aliphatic rings. The zero-order valence-electron chi connectivity index (χ0n) is 10.0. The topological polar surface area (TPSA) is 38.0 Å². The summed E-state index contributed by atoms with van der Waals surface area (Å²) in [6.45, 7) is 0.300. The molecule has 0 saturated heterocycles. The highest BCUT2D eigenvalue weighted by Crippen LogP contribution is 2.28. The van der Waals surface area contributed by atoms with E-state index in [1.165, 1.54) is 6.07 Å². The summed E-state index contributed by atoms with van der Waals surface area (Å²) >= 11 is 6.80. The molecule has 0 aromatic heterocycles. The van der Waals surface area contributed by atoms with Gasteiger partial charge in [-0.15, -0.1) is 0 Å². The van der Waals surface area contributed by atoms with Gasteiger partial charge in [0, 0.05) is 26.7 Å². The molecule has 3 N–H and O–H groups in total. The van der Waals surface area contributed by atoms with E-state index in [9.17, 15) is 4.39 Å². The lowest BCUT2D eigenvalue weighted by atomic mass is 10.1. The van der Waals surface area contributed by atoms with Gasteiger partial charge < -0.3 is 11.1 Å². The van der Waals surface area contributed by atoms with Crippen molar-refractivity contribution < 1.29 is 4.39 Å². The normalized spacial score (nSPS) is 12.2. The lowest BCUT2D eigenvalue weighted by Crippen LogP contribution is -2.22. The van der Waals surface area contributed by atoms with Crippen LogP contribution in [0.15, 0.2) is 51.4 Å². The SMILES string of the molecule is NCC(Nc1ccccc1Br)c1cc(Br)ccc1F. The number of nitrogens with one attached hydrogen (secondary N) is 1. The minimum absolute atomic E-state index is 0.266. The van der Waals surface area contributed by atoms with Crippen LogP contribution in [0.5, 0.6) is 0 Å².